The molecule has 0 N–H and O–H groups in total. The molecule has 0 aliphatic heterocycles. The summed E-state index contributed by atoms with van der Waals surface area (Å²) < 4.78 is 55.1. The second kappa shape index (κ2) is 3.99. The molecule has 0 unspecified atom stereocenters. The van der Waals surface area contributed by atoms with Crippen LogP contribution in [0, 0.1) is 5.82 Å². The van der Waals surface area contributed by atoms with Gasteiger partial charge in [0.1, 0.15) is 5.82 Å². The van der Waals surface area contributed by atoms with E-state index in [9.17, 15) is 17.6 Å². The maximum Gasteiger partial charge on any atom is 0.417 e. The minimum absolute atomic E-state index is 0.345. The fraction of sp³-hybridized carbons (Fsp3) is 0.111. The number of hydrogen-bond acceptors (Lipinski definition) is 3. The lowest BCUT2D eigenvalue weighted by molar-refractivity contribution is -0.137. The van der Waals surface area contributed by atoms with Crippen molar-refractivity contribution in [2.45, 2.75) is 6.18 Å². The van der Waals surface area contributed by atoms with E-state index in [0.717, 1.165) is 12.1 Å². The zero-order chi connectivity index (χ0) is 12.6. The molecule has 1 heterocycles. The van der Waals surface area contributed by atoms with Crippen LogP contribution < -0.4 is 0 Å². The molecule has 3 nitrogen and oxygen atoms in total. The third kappa shape index (κ3) is 2.38. The van der Waals surface area contributed by atoms with Gasteiger partial charge in [-0.15, -0.1) is 0 Å². The molecule has 2 aromatic rings. The summed E-state index contributed by atoms with van der Waals surface area (Å²) in [5.41, 5.74) is -1.58. The van der Waals surface area contributed by atoms with Gasteiger partial charge in [-0.1, -0.05) is 5.16 Å². The Morgan fingerprint density at radius 1 is 1.24 bits per heavy atom. The molecule has 1 aromatic carbocycles. The third-order valence-electron chi connectivity index (χ3n) is 1.93. The first kappa shape index (κ1) is 11.8. The van der Waals surface area contributed by atoms with Gasteiger partial charge in [0.2, 0.25) is 5.82 Å². The zero-order valence-electron chi connectivity index (χ0n) is 7.92. The van der Waals surface area contributed by atoms with Crippen molar-refractivity contribution in [2.75, 3.05) is 0 Å². The first-order valence-corrected chi connectivity index (χ1v) is 4.62. The van der Waals surface area contributed by atoms with E-state index in [4.69, 9.17) is 11.6 Å². The second-order valence-electron chi connectivity index (χ2n) is 3.06. The van der Waals surface area contributed by atoms with Crippen LogP contribution in [0.4, 0.5) is 17.6 Å². The second-order valence-corrected chi connectivity index (χ2v) is 3.38. The summed E-state index contributed by atoms with van der Waals surface area (Å²) >= 11 is 5.31. The maximum atomic E-state index is 12.8. The molecule has 0 aliphatic rings. The molecule has 0 saturated heterocycles. The van der Waals surface area contributed by atoms with Gasteiger partial charge >= 0.3 is 11.5 Å². The molecule has 0 aliphatic carbocycles. The summed E-state index contributed by atoms with van der Waals surface area (Å²) in [6.45, 7) is 0. The van der Waals surface area contributed by atoms with Gasteiger partial charge in [-0.2, -0.15) is 18.2 Å². The van der Waals surface area contributed by atoms with Gasteiger partial charge in [0, 0.05) is 5.56 Å². The highest BCUT2D eigenvalue weighted by Gasteiger charge is 2.35. The number of benzene rings is 1. The smallest absolute Gasteiger partial charge is 0.321 e. The summed E-state index contributed by atoms with van der Waals surface area (Å²) in [5.74, 6) is -1.35. The molecular formula is C9H3ClF4N2O. The van der Waals surface area contributed by atoms with E-state index in [1.807, 2.05) is 0 Å². The van der Waals surface area contributed by atoms with Crippen LogP contribution in [-0.2, 0) is 6.18 Å². The highest BCUT2D eigenvalue weighted by atomic mass is 35.5. The van der Waals surface area contributed by atoms with Crippen LogP contribution in [0.15, 0.2) is 22.7 Å². The Bertz CT molecular complexity index is 552. The van der Waals surface area contributed by atoms with Crippen molar-refractivity contribution in [3.05, 3.63) is 34.9 Å². The lowest BCUT2D eigenvalue weighted by Gasteiger charge is -2.10. The molecule has 0 spiro atoms. The van der Waals surface area contributed by atoms with Crippen LogP contribution in [0.25, 0.3) is 11.4 Å². The third-order valence-corrected chi connectivity index (χ3v) is 2.08. The van der Waals surface area contributed by atoms with E-state index in [0.29, 0.717) is 6.07 Å². The largest absolute Gasteiger partial charge is 0.417 e. The molecule has 1 aromatic heterocycles. The van der Waals surface area contributed by atoms with E-state index in [1.54, 1.807) is 0 Å². The SMILES string of the molecule is Fc1ccc(-c2noc(Cl)n2)c(C(F)(F)F)c1. The summed E-state index contributed by atoms with van der Waals surface area (Å²) in [6.07, 6.45) is -4.72. The number of aromatic nitrogens is 2. The highest BCUT2D eigenvalue weighted by Crippen LogP contribution is 2.36. The molecule has 0 bridgehead atoms. The summed E-state index contributed by atoms with van der Waals surface area (Å²) in [7, 11) is 0. The van der Waals surface area contributed by atoms with Crippen molar-refractivity contribution in [1.29, 1.82) is 0 Å². The Hall–Kier alpha value is -1.63. The Morgan fingerprint density at radius 2 is 1.94 bits per heavy atom. The Morgan fingerprint density at radius 3 is 2.47 bits per heavy atom. The number of nitrogens with zero attached hydrogens (tertiary/aromatic N) is 2. The summed E-state index contributed by atoms with van der Waals surface area (Å²) in [6, 6.07) is 2.15. The van der Waals surface area contributed by atoms with Gasteiger partial charge in [0.15, 0.2) is 0 Å². The number of rotatable bonds is 1. The first-order valence-electron chi connectivity index (χ1n) is 4.24. The van der Waals surface area contributed by atoms with E-state index in [2.05, 4.69) is 14.7 Å². The molecule has 0 fully saturated rings. The van der Waals surface area contributed by atoms with E-state index >= 15 is 0 Å². The van der Waals surface area contributed by atoms with E-state index < -0.39 is 28.5 Å². The Labute approximate surface area is 97.0 Å². The van der Waals surface area contributed by atoms with Gasteiger partial charge in [-0.05, 0) is 29.8 Å². The maximum absolute atomic E-state index is 12.8. The molecule has 0 saturated carbocycles. The average molecular weight is 267 g/mol. The minimum Gasteiger partial charge on any atom is -0.321 e. The molecule has 17 heavy (non-hydrogen) atoms. The number of alkyl halides is 3. The van der Waals surface area contributed by atoms with Crippen molar-refractivity contribution in [3.63, 3.8) is 0 Å². The van der Waals surface area contributed by atoms with Gasteiger partial charge in [-0.3, -0.25) is 0 Å². The molecule has 0 amide bonds. The molecular weight excluding hydrogens is 264 g/mol. The van der Waals surface area contributed by atoms with Gasteiger partial charge in [0.25, 0.3) is 0 Å². The van der Waals surface area contributed by atoms with E-state index in [1.165, 1.54) is 0 Å². The van der Waals surface area contributed by atoms with Crippen LogP contribution in [0.3, 0.4) is 0 Å². The topological polar surface area (TPSA) is 38.9 Å². The zero-order valence-corrected chi connectivity index (χ0v) is 8.68. The molecule has 8 heteroatoms. The Kier molecular flexibility index (Phi) is 2.78. The van der Waals surface area contributed by atoms with E-state index in [-0.39, 0.29) is 5.82 Å². The van der Waals surface area contributed by atoms with Crippen LogP contribution >= 0.6 is 11.6 Å². The van der Waals surface area contributed by atoms with Crippen LogP contribution in [0.2, 0.25) is 5.35 Å². The predicted molar refractivity (Wildman–Crippen MR) is 49.7 cm³/mol. The van der Waals surface area contributed by atoms with Crippen molar-refractivity contribution >= 4 is 11.6 Å². The normalized spacial score (nSPS) is 11.8. The van der Waals surface area contributed by atoms with Crippen molar-refractivity contribution in [2.24, 2.45) is 0 Å². The Balaban J connectivity index is 2.61. The quantitative estimate of drug-likeness (QED) is 0.741. The van der Waals surface area contributed by atoms with Crippen molar-refractivity contribution < 1.29 is 22.1 Å². The monoisotopic (exact) mass is 266 g/mol. The molecule has 2 rings (SSSR count). The predicted octanol–water partition coefficient (Wildman–Crippen LogP) is 3.55. The minimum atomic E-state index is -4.72. The number of halogens is 5. The van der Waals surface area contributed by atoms with Crippen molar-refractivity contribution in [1.82, 2.24) is 10.1 Å². The average Bonchev–Trinajstić information content (AvgIpc) is 2.63. The van der Waals surface area contributed by atoms with Crippen molar-refractivity contribution in [3.8, 4) is 11.4 Å². The molecule has 90 valence electrons. The van der Waals surface area contributed by atoms with Gasteiger partial charge < -0.3 is 4.52 Å². The fourth-order valence-electron chi connectivity index (χ4n) is 1.26. The summed E-state index contributed by atoms with van der Waals surface area (Å²) in [5, 5.41) is 2.86. The lowest BCUT2D eigenvalue weighted by Crippen LogP contribution is -2.08. The number of hydrogen-bond donors (Lipinski definition) is 0. The van der Waals surface area contributed by atoms with Crippen LogP contribution in [0.5, 0.6) is 0 Å². The standard InChI is InChI=1S/C9H3ClF4N2O/c10-8-15-7(16-17-8)5-2-1-4(11)3-6(5)9(12,13)14/h1-3H. The summed E-state index contributed by atoms with van der Waals surface area (Å²) in [4.78, 5) is 3.45. The lowest BCUT2D eigenvalue weighted by atomic mass is 10.1. The first-order chi connectivity index (χ1) is 7.88. The van der Waals surface area contributed by atoms with Crippen LogP contribution in [-0.4, -0.2) is 10.1 Å². The highest BCUT2D eigenvalue weighted by molar-refractivity contribution is 6.27. The van der Waals surface area contributed by atoms with Gasteiger partial charge in [0.05, 0.1) is 5.56 Å². The molecule has 0 radical (unpaired) electrons. The van der Waals surface area contributed by atoms with Crippen LogP contribution in [0.1, 0.15) is 5.56 Å². The van der Waals surface area contributed by atoms with Gasteiger partial charge in [-0.25, -0.2) is 4.39 Å². The molecule has 0 atom stereocenters. The fourth-order valence-corrected chi connectivity index (χ4v) is 1.37.